The summed E-state index contributed by atoms with van der Waals surface area (Å²) in [5.41, 5.74) is 4.24. The zero-order valence-electron chi connectivity index (χ0n) is 21.4. The average Bonchev–Trinajstić information content (AvgIpc) is 2.66. The summed E-state index contributed by atoms with van der Waals surface area (Å²) in [5.74, 6) is -0.762. The lowest BCUT2D eigenvalue weighted by atomic mass is 10.0. The molecule has 0 fully saturated rings. The Morgan fingerprint density at radius 2 is 1.48 bits per heavy atom. The van der Waals surface area contributed by atoms with Crippen LogP contribution in [0.3, 0.4) is 0 Å². The molecule has 0 spiro atoms. The summed E-state index contributed by atoms with van der Waals surface area (Å²) in [5, 5.41) is 15.0. The number of unbranched alkanes of at least 4 members (excludes halogenated alkanes) is 2. The fraction of sp³-hybridized carbons (Fsp3) is 0.870. The van der Waals surface area contributed by atoms with Crippen LogP contribution in [0.2, 0.25) is 0 Å². The lowest BCUT2D eigenvalue weighted by Crippen LogP contribution is -2.44. The van der Waals surface area contributed by atoms with Crippen molar-refractivity contribution in [3.05, 3.63) is 0 Å². The van der Waals surface area contributed by atoms with Crippen LogP contribution in [0, 0.1) is 5.92 Å². The second-order valence-corrected chi connectivity index (χ2v) is 10.1. The first-order valence-corrected chi connectivity index (χ1v) is 11.8. The zero-order valence-corrected chi connectivity index (χ0v) is 21.4. The molecule has 0 heterocycles. The average molecular weight is 475 g/mol. The highest BCUT2D eigenvalue weighted by Gasteiger charge is 2.27. The van der Waals surface area contributed by atoms with E-state index in [-0.39, 0.29) is 25.5 Å². The Morgan fingerprint density at radius 3 is 2.03 bits per heavy atom. The van der Waals surface area contributed by atoms with Crippen molar-refractivity contribution in [3.8, 4) is 0 Å². The molecule has 0 aromatic carbocycles. The third-order valence-corrected chi connectivity index (χ3v) is 4.39. The van der Waals surface area contributed by atoms with E-state index in [0.717, 1.165) is 12.8 Å². The molecule has 0 aromatic heterocycles. The third-order valence-electron chi connectivity index (χ3n) is 4.39. The smallest absolute Gasteiger partial charge is 0.410 e. The van der Waals surface area contributed by atoms with E-state index in [1.165, 1.54) is 4.90 Å². The highest BCUT2D eigenvalue weighted by molar-refractivity contribution is 5.79. The molecule has 1 unspecified atom stereocenters. The number of aliphatic hydroxyl groups is 1. The van der Waals surface area contributed by atoms with E-state index < -0.39 is 29.3 Å². The molecule has 33 heavy (non-hydrogen) atoms. The van der Waals surface area contributed by atoms with E-state index >= 15 is 0 Å². The van der Waals surface area contributed by atoms with Gasteiger partial charge in [-0.05, 0) is 80.2 Å². The summed E-state index contributed by atoms with van der Waals surface area (Å²) < 4.78 is 10.7. The number of hydrogen-bond acceptors (Lipinski definition) is 7. The van der Waals surface area contributed by atoms with Crippen LogP contribution in [0.1, 0.15) is 73.6 Å². The Kier molecular flexibility index (Phi) is 14.7. The minimum Gasteiger partial charge on any atom is -0.444 e. The first kappa shape index (κ1) is 30.9. The first-order valence-electron chi connectivity index (χ1n) is 11.8. The Hall–Kier alpha value is -2.07. The van der Waals surface area contributed by atoms with Crippen LogP contribution in [0.4, 0.5) is 9.59 Å². The minimum atomic E-state index is -0.676. The Labute approximate surface area is 198 Å². The predicted molar refractivity (Wildman–Crippen MR) is 128 cm³/mol. The van der Waals surface area contributed by atoms with Crippen molar-refractivity contribution in [1.82, 2.24) is 15.5 Å². The second-order valence-electron chi connectivity index (χ2n) is 10.1. The molecule has 0 bridgehead atoms. The van der Waals surface area contributed by atoms with Crippen LogP contribution in [-0.4, -0.2) is 78.6 Å². The van der Waals surface area contributed by atoms with E-state index in [0.29, 0.717) is 39.0 Å². The van der Waals surface area contributed by atoms with Gasteiger partial charge in [-0.2, -0.15) is 0 Å². The van der Waals surface area contributed by atoms with Gasteiger partial charge in [-0.15, -0.1) is 0 Å². The van der Waals surface area contributed by atoms with Crippen molar-refractivity contribution in [3.63, 3.8) is 0 Å². The number of aliphatic hydroxyl groups excluding tert-OH is 1. The van der Waals surface area contributed by atoms with Gasteiger partial charge in [-0.1, -0.05) is 0 Å². The van der Waals surface area contributed by atoms with Gasteiger partial charge in [0.05, 0.1) is 5.92 Å². The molecule has 1 atom stereocenters. The maximum Gasteiger partial charge on any atom is 0.410 e. The summed E-state index contributed by atoms with van der Waals surface area (Å²) in [6.45, 7) is 12.5. The van der Waals surface area contributed by atoms with Crippen molar-refractivity contribution in [1.29, 1.82) is 0 Å². The van der Waals surface area contributed by atoms with Crippen LogP contribution in [-0.2, 0) is 14.3 Å². The summed E-state index contributed by atoms with van der Waals surface area (Å²) in [4.78, 5) is 38.6. The molecule has 0 saturated heterocycles. The minimum absolute atomic E-state index is 0.137. The Morgan fingerprint density at radius 1 is 0.909 bits per heavy atom. The standard InChI is InChI=1S/C23H46N4O6/c1-22(2,3)32-20(30)26-14-9-10-15-27(21(31)33-23(4,5)6)17-18(11-16-28)19(29)25-13-8-7-12-24/h18,28H,7-17,24H2,1-6H3,(H,25,29)(H,26,30). The highest BCUT2D eigenvalue weighted by Crippen LogP contribution is 2.14. The fourth-order valence-corrected chi connectivity index (χ4v) is 2.87. The van der Waals surface area contributed by atoms with E-state index in [2.05, 4.69) is 10.6 Å². The van der Waals surface area contributed by atoms with E-state index in [9.17, 15) is 19.5 Å². The molecular weight excluding hydrogens is 428 g/mol. The fourth-order valence-electron chi connectivity index (χ4n) is 2.87. The Bertz CT molecular complexity index is 586. The van der Waals surface area contributed by atoms with Gasteiger partial charge in [0.1, 0.15) is 11.2 Å². The van der Waals surface area contributed by atoms with Crippen LogP contribution < -0.4 is 16.4 Å². The lowest BCUT2D eigenvalue weighted by molar-refractivity contribution is -0.126. The van der Waals surface area contributed by atoms with Gasteiger partial charge in [-0.25, -0.2) is 9.59 Å². The molecule has 10 heteroatoms. The molecule has 0 aromatic rings. The first-order chi connectivity index (χ1) is 15.3. The molecule has 5 N–H and O–H groups in total. The quantitative estimate of drug-likeness (QED) is 0.283. The number of hydrogen-bond donors (Lipinski definition) is 4. The van der Waals surface area contributed by atoms with Crippen molar-refractivity contribution < 1.29 is 29.0 Å². The van der Waals surface area contributed by atoms with Gasteiger partial charge in [0.25, 0.3) is 0 Å². The lowest BCUT2D eigenvalue weighted by Gasteiger charge is -2.30. The molecule has 0 radical (unpaired) electrons. The van der Waals surface area contributed by atoms with E-state index in [1.807, 2.05) is 0 Å². The number of nitrogens with zero attached hydrogens (tertiary/aromatic N) is 1. The summed E-state index contributed by atoms with van der Waals surface area (Å²) in [6.07, 6.45) is 2.04. The van der Waals surface area contributed by atoms with E-state index in [4.69, 9.17) is 15.2 Å². The molecule has 3 amide bonds. The number of alkyl carbamates (subject to hydrolysis) is 1. The summed E-state index contributed by atoms with van der Waals surface area (Å²) >= 11 is 0. The molecule has 0 aliphatic heterocycles. The van der Waals surface area contributed by atoms with Gasteiger partial charge in [-0.3, -0.25) is 4.79 Å². The molecule has 194 valence electrons. The number of rotatable bonds is 14. The molecule has 0 aliphatic carbocycles. The van der Waals surface area contributed by atoms with Crippen molar-refractivity contribution in [2.45, 2.75) is 84.8 Å². The SMILES string of the molecule is CC(C)(C)OC(=O)NCCCCN(CC(CCO)C(=O)NCCCCN)C(=O)OC(C)(C)C. The molecule has 10 nitrogen and oxygen atoms in total. The maximum atomic E-state index is 12.8. The van der Waals surface area contributed by atoms with Crippen LogP contribution in [0.25, 0.3) is 0 Å². The topological polar surface area (TPSA) is 143 Å². The third kappa shape index (κ3) is 17.1. The predicted octanol–water partition coefficient (Wildman–Crippen LogP) is 2.38. The van der Waals surface area contributed by atoms with E-state index in [1.54, 1.807) is 41.5 Å². The number of nitrogens with one attached hydrogen (secondary N) is 2. The number of carbonyl (C=O) groups is 3. The molecule has 0 rings (SSSR count). The van der Waals surface area contributed by atoms with Crippen LogP contribution >= 0.6 is 0 Å². The van der Waals surface area contributed by atoms with Crippen molar-refractivity contribution >= 4 is 18.1 Å². The highest BCUT2D eigenvalue weighted by atomic mass is 16.6. The maximum absolute atomic E-state index is 12.8. The largest absolute Gasteiger partial charge is 0.444 e. The zero-order chi connectivity index (χ0) is 25.5. The van der Waals surface area contributed by atoms with Crippen LogP contribution in [0.15, 0.2) is 0 Å². The molecule has 0 saturated carbocycles. The number of ether oxygens (including phenoxy) is 2. The second kappa shape index (κ2) is 15.7. The molecule has 0 aliphatic rings. The summed E-state index contributed by atoms with van der Waals surface area (Å²) in [7, 11) is 0. The van der Waals surface area contributed by atoms with Gasteiger partial charge < -0.3 is 35.8 Å². The van der Waals surface area contributed by atoms with Gasteiger partial charge in [0.2, 0.25) is 5.91 Å². The molecular formula is C23H46N4O6. The van der Waals surface area contributed by atoms with Crippen molar-refractivity contribution in [2.75, 3.05) is 39.3 Å². The van der Waals surface area contributed by atoms with Crippen molar-refractivity contribution in [2.24, 2.45) is 11.7 Å². The van der Waals surface area contributed by atoms with Gasteiger partial charge >= 0.3 is 12.2 Å². The summed E-state index contributed by atoms with van der Waals surface area (Å²) in [6, 6.07) is 0. The number of carbonyl (C=O) groups excluding carboxylic acids is 3. The Balaban J connectivity index is 4.90. The normalized spacial score (nSPS) is 12.6. The number of nitrogens with two attached hydrogens (primary N) is 1. The van der Waals surface area contributed by atoms with Crippen LogP contribution in [0.5, 0.6) is 0 Å². The number of amides is 3. The van der Waals surface area contributed by atoms with Gasteiger partial charge in [0, 0.05) is 32.8 Å². The monoisotopic (exact) mass is 474 g/mol. The van der Waals surface area contributed by atoms with Gasteiger partial charge in [0.15, 0.2) is 0 Å².